The summed E-state index contributed by atoms with van der Waals surface area (Å²) in [4.78, 5) is 38.8. The number of amides is 3. The number of hydrogen-bond acceptors (Lipinski definition) is 4. The Morgan fingerprint density at radius 3 is 2.63 bits per heavy atom. The first-order valence-electron chi connectivity index (χ1n) is 8.59. The lowest BCUT2D eigenvalue weighted by atomic mass is 10.1. The molecule has 1 fully saturated rings. The number of benzene rings is 2. The van der Waals surface area contributed by atoms with Crippen molar-refractivity contribution >= 4 is 35.2 Å². The molecule has 3 amide bonds. The quantitative estimate of drug-likeness (QED) is 0.748. The maximum Gasteiger partial charge on any atom is 0.248 e. The fraction of sp³-hybridized carbons (Fsp3) is 0.250. The minimum atomic E-state index is -0.507. The maximum absolute atomic E-state index is 12.5. The van der Waals surface area contributed by atoms with Crippen LogP contribution in [0.1, 0.15) is 22.3 Å². The monoisotopic (exact) mass is 383 g/mol. The Bertz CT molecular complexity index is 867. The highest BCUT2D eigenvalue weighted by Gasteiger charge is 2.34. The molecule has 1 atom stereocenters. The van der Waals surface area contributed by atoms with E-state index >= 15 is 0 Å². The fourth-order valence-corrected chi connectivity index (χ4v) is 3.47. The van der Waals surface area contributed by atoms with Gasteiger partial charge in [0.05, 0.1) is 5.92 Å². The largest absolute Gasteiger partial charge is 0.366 e. The minimum Gasteiger partial charge on any atom is -0.366 e. The third-order valence-electron chi connectivity index (χ3n) is 4.56. The first-order chi connectivity index (χ1) is 13.0. The van der Waals surface area contributed by atoms with Crippen LogP contribution in [0.5, 0.6) is 0 Å². The summed E-state index contributed by atoms with van der Waals surface area (Å²) in [6.07, 6.45) is 2.19. The van der Waals surface area contributed by atoms with E-state index in [0.29, 0.717) is 12.1 Å². The molecule has 27 heavy (non-hydrogen) atoms. The molecule has 0 aliphatic carbocycles. The van der Waals surface area contributed by atoms with E-state index in [1.807, 2.05) is 36.6 Å². The van der Waals surface area contributed by atoms with Crippen molar-refractivity contribution in [2.75, 3.05) is 17.7 Å². The second kappa shape index (κ2) is 8.26. The number of nitrogens with one attached hydrogen (secondary N) is 1. The normalized spacial score (nSPS) is 16.4. The number of carbonyl (C=O) groups is 3. The SMILES string of the molecule is CSc1ccc(N2CC(C(=O)NCc3cccc(C(N)=O)c3)CC2=O)cc1. The van der Waals surface area contributed by atoms with E-state index < -0.39 is 11.8 Å². The number of anilines is 1. The van der Waals surface area contributed by atoms with E-state index in [-0.39, 0.29) is 24.8 Å². The van der Waals surface area contributed by atoms with Crippen molar-refractivity contribution in [2.24, 2.45) is 11.7 Å². The number of carbonyl (C=O) groups excluding carboxylic acids is 3. The highest BCUT2D eigenvalue weighted by atomic mass is 32.2. The zero-order chi connectivity index (χ0) is 19.4. The van der Waals surface area contributed by atoms with Crippen LogP contribution in [0.15, 0.2) is 53.4 Å². The van der Waals surface area contributed by atoms with Gasteiger partial charge in [-0.1, -0.05) is 12.1 Å². The van der Waals surface area contributed by atoms with E-state index in [0.717, 1.165) is 16.1 Å². The minimum absolute atomic E-state index is 0.0530. The Morgan fingerprint density at radius 1 is 1.22 bits per heavy atom. The molecule has 0 aromatic heterocycles. The van der Waals surface area contributed by atoms with Crippen molar-refractivity contribution in [3.8, 4) is 0 Å². The summed E-state index contributed by atoms with van der Waals surface area (Å²) < 4.78 is 0. The van der Waals surface area contributed by atoms with Gasteiger partial charge in [-0.3, -0.25) is 14.4 Å². The lowest BCUT2D eigenvalue weighted by Crippen LogP contribution is -2.32. The van der Waals surface area contributed by atoms with Gasteiger partial charge in [0.1, 0.15) is 0 Å². The van der Waals surface area contributed by atoms with Crippen LogP contribution in [0.4, 0.5) is 5.69 Å². The number of nitrogens with two attached hydrogens (primary N) is 1. The molecule has 3 rings (SSSR count). The maximum atomic E-state index is 12.5. The van der Waals surface area contributed by atoms with Crippen LogP contribution in [0.3, 0.4) is 0 Å². The van der Waals surface area contributed by atoms with Gasteiger partial charge >= 0.3 is 0 Å². The summed E-state index contributed by atoms with van der Waals surface area (Å²) in [5, 5.41) is 2.84. The Morgan fingerprint density at radius 2 is 1.96 bits per heavy atom. The lowest BCUT2D eigenvalue weighted by Gasteiger charge is -2.17. The van der Waals surface area contributed by atoms with Gasteiger partial charge in [0.2, 0.25) is 17.7 Å². The zero-order valence-corrected chi connectivity index (χ0v) is 15.8. The molecule has 2 aromatic carbocycles. The van der Waals surface area contributed by atoms with E-state index in [9.17, 15) is 14.4 Å². The van der Waals surface area contributed by atoms with Crippen LogP contribution in [0.2, 0.25) is 0 Å². The molecule has 2 aromatic rings. The first kappa shape index (κ1) is 19.0. The molecule has 0 bridgehead atoms. The molecule has 1 unspecified atom stereocenters. The molecule has 0 spiro atoms. The number of nitrogens with zero attached hydrogens (tertiary/aromatic N) is 1. The molecular formula is C20H21N3O3S. The molecule has 0 radical (unpaired) electrons. The standard InChI is InChI=1S/C20H21N3O3S/c1-27-17-7-5-16(6-8-17)23-12-15(10-18(23)24)20(26)22-11-13-3-2-4-14(9-13)19(21)25/h2-9,15H,10-12H2,1H3,(H2,21,25)(H,22,26). The molecule has 0 saturated carbocycles. The average molecular weight is 383 g/mol. The summed E-state index contributed by atoms with van der Waals surface area (Å²) in [5.74, 6) is -1.12. The van der Waals surface area contributed by atoms with Crippen molar-refractivity contribution in [3.05, 3.63) is 59.7 Å². The topological polar surface area (TPSA) is 92.5 Å². The molecule has 6 nitrogen and oxygen atoms in total. The zero-order valence-electron chi connectivity index (χ0n) is 15.0. The Kier molecular flexibility index (Phi) is 5.81. The van der Waals surface area contributed by atoms with Gasteiger partial charge in [0.15, 0.2) is 0 Å². The van der Waals surface area contributed by atoms with E-state index in [4.69, 9.17) is 5.73 Å². The molecule has 1 saturated heterocycles. The van der Waals surface area contributed by atoms with E-state index in [1.54, 1.807) is 34.9 Å². The van der Waals surface area contributed by atoms with Crippen molar-refractivity contribution in [2.45, 2.75) is 17.9 Å². The molecule has 7 heteroatoms. The second-order valence-corrected chi connectivity index (χ2v) is 7.27. The third-order valence-corrected chi connectivity index (χ3v) is 5.30. The van der Waals surface area contributed by atoms with Crippen LogP contribution < -0.4 is 16.0 Å². The lowest BCUT2D eigenvalue weighted by molar-refractivity contribution is -0.126. The number of hydrogen-bond donors (Lipinski definition) is 2. The van der Waals surface area contributed by atoms with E-state index in [2.05, 4.69) is 5.32 Å². The summed E-state index contributed by atoms with van der Waals surface area (Å²) >= 11 is 1.64. The molecule has 1 heterocycles. The highest BCUT2D eigenvalue weighted by Crippen LogP contribution is 2.27. The number of thioether (sulfide) groups is 1. The van der Waals surface area contributed by atoms with Crippen LogP contribution in [-0.4, -0.2) is 30.5 Å². The van der Waals surface area contributed by atoms with Crippen molar-refractivity contribution in [3.63, 3.8) is 0 Å². The smallest absolute Gasteiger partial charge is 0.248 e. The summed E-state index contributed by atoms with van der Waals surface area (Å²) in [5.41, 5.74) is 7.27. The van der Waals surface area contributed by atoms with Gasteiger partial charge in [-0.25, -0.2) is 0 Å². The van der Waals surface area contributed by atoms with E-state index in [1.165, 1.54) is 0 Å². The third kappa shape index (κ3) is 4.49. The molecule has 140 valence electrons. The van der Waals surface area contributed by atoms with Crippen LogP contribution in [0.25, 0.3) is 0 Å². The predicted molar refractivity (Wildman–Crippen MR) is 105 cm³/mol. The predicted octanol–water partition coefficient (Wildman–Crippen LogP) is 2.18. The van der Waals surface area contributed by atoms with Gasteiger partial charge in [0.25, 0.3) is 0 Å². The molecular weight excluding hydrogens is 362 g/mol. The Labute approximate surface area is 162 Å². The Hall–Kier alpha value is -2.80. The number of rotatable bonds is 6. The molecule has 3 N–H and O–H groups in total. The fourth-order valence-electron chi connectivity index (χ4n) is 3.06. The summed E-state index contributed by atoms with van der Waals surface area (Å²) in [7, 11) is 0. The van der Waals surface area contributed by atoms with Crippen LogP contribution in [-0.2, 0) is 16.1 Å². The Balaban J connectivity index is 1.60. The van der Waals surface area contributed by atoms with Gasteiger partial charge < -0.3 is 16.0 Å². The average Bonchev–Trinajstić information content (AvgIpc) is 3.08. The van der Waals surface area contributed by atoms with Crippen molar-refractivity contribution in [1.29, 1.82) is 0 Å². The van der Waals surface area contributed by atoms with Crippen LogP contribution >= 0.6 is 11.8 Å². The van der Waals surface area contributed by atoms with Crippen molar-refractivity contribution in [1.82, 2.24) is 5.32 Å². The van der Waals surface area contributed by atoms with Crippen molar-refractivity contribution < 1.29 is 14.4 Å². The number of primary amides is 1. The highest BCUT2D eigenvalue weighted by molar-refractivity contribution is 7.98. The van der Waals surface area contributed by atoms with Gasteiger partial charge in [-0.05, 0) is 48.2 Å². The summed E-state index contributed by atoms with van der Waals surface area (Å²) in [6.45, 7) is 0.650. The van der Waals surface area contributed by atoms with Crippen LogP contribution in [0, 0.1) is 5.92 Å². The van der Waals surface area contributed by atoms with Gasteiger partial charge in [-0.15, -0.1) is 11.8 Å². The summed E-state index contributed by atoms with van der Waals surface area (Å²) in [6, 6.07) is 14.6. The molecule has 1 aliphatic rings. The van der Waals surface area contributed by atoms with Gasteiger partial charge in [0, 0.05) is 35.7 Å². The second-order valence-electron chi connectivity index (χ2n) is 6.39. The molecule has 1 aliphatic heterocycles. The van der Waals surface area contributed by atoms with Gasteiger partial charge in [-0.2, -0.15) is 0 Å². The first-order valence-corrected chi connectivity index (χ1v) is 9.81.